The number of nitrogens with zero attached hydrogens (tertiary/aromatic N) is 2. The van der Waals surface area contributed by atoms with Crippen molar-refractivity contribution in [2.24, 2.45) is 0 Å². The van der Waals surface area contributed by atoms with E-state index in [-0.39, 0.29) is 17.6 Å². The highest BCUT2D eigenvalue weighted by Gasteiger charge is 2.14. The van der Waals surface area contributed by atoms with E-state index in [9.17, 15) is 9.59 Å². The van der Waals surface area contributed by atoms with Gasteiger partial charge in [-0.2, -0.15) is 0 Å². The van der Waals surface area contributed by atoms with Crippen LogP contribution in [0.3, 0.4) is 0 Å². The smallest absolute Gasteiger partial charge is 0.291 e. The fraction of sp³-hybridized carbons (Fsp3) is 0.250. The molecule has 7 heteroatoms. The number of furan rings is 1. The average molecular weight is 418 g/mol. The molecule has 1 aliphatic heterocycles. The van der Waals surface area contributed by atoms with Gasteiger partial charge in [-0.15, -0.1) is 0 Å². The van der Waals surface area contributed by atoms with Crippen molar-refractivity contribution < 1.29 is 14.0 Å². The third-order valence-electron chi connectivity index (χ3n) is 5.36. The molecule has 31 heavy (non-hydrogen) atoms. The lowest BCUT2D eigenvalue weighted by molar-refractivity contribution is 0.0995. The Kier molecular flexibility index (Phi) is 6.45. The molecule has 1 aliphatic rings. The number of piperazine rings is 1. The first-order valence-electron chi connectivity index (χ1n) is 10.3. The summed E-state index contributed by atoms with van der Waals surface area (Å²) in [5.41, 5.74) is 3.09. The Morgan fingerprint density at radius 1 is 0.839 bits per heavy atom. The lowest BCUT2D eigenvalue weighted by atomic mass is 10.1. The summed E-state index contributed by atoms with van der Waals surface area (Å²) in [4.78, 5) is 29.3. The first kappa shape index (κ1) is 20.8. The minimum Gasteiger partial charge on any atom is -0.459 e. The van der Waals surface area contributed by atoms with Crippen LogP contribution < -0.4 is 10.6 Å². The summed E-state index contributed by atoms with van der Waals surface area (Å²) in [6.07, 6.45) is 1.45. The molecule has 0 aliphatic carbocycles. The molecule has 7 nitrogen and oxygen atoms in total. The van der Waals surface area contributed by atoms with E-state index in [2.05, 4.69) is 39.6 Å². The number of anilines is 2. The highest BCUT2D eigenvalue weighted by molar-refractivity contribution is 6.05. The summed E-state index contributed by atoms with van der Waals surface area (Å²) in [6, 6.07) is 18.0. The number of benzene rings is 2. The van der Waals surface area contributed by atoms with Crippen LogP contribution in [-0.2, 0) is 6.54 Å². The second kappa shape index (κ2) is 9.59. The fourth-order valence-electron chi connectivity index (χ4n) is 3.47. The van der Waals surface area contributed by atoms with Crippen LogP contribution in [0, 0.1) is 0 Å². The van der Waals surface area contributed by atoms with Crippen LogP contribution in [0.15, 0.2) is 71.3 Å². The standard InChI is InChI=1S/C24H26N4O3/c1-27-12-14-28(15-13-27)17-18-4-8-20(9-5-18)25-23(29)19-6-10-21(11-7-19)26-24(30)22-3-2-16-31-22/h2-11,16H,12-15,17H2,1H3,(H,25,29)(H,26,30). The summed E-state index contributed by atoms with van der Waals surface area (Å²) in [7, 11) is 2.15. The predicted octanol–water partition coefficient (Wildman–Crippen LogP) is 3.53. The molecule has 1 saturated heterocycles. The number of amides is 2. The molecule has 2 N–H and O–H groups in total. The monoisotopic (exact) mass is 418 g/mol. The molecule has 2 aromatic carbocycles. The number of rotatable bonds is 6. The minimum atomic E-state index is -0.334. The van der Waals surface area contributed by atoms with Gasteiger partial charge in [-0.3, -0.25) is 14.5 Å². The third-order valence-corrected chi connectivity index (χ3v) is 5.36. The lowest BCUT2D eigenvalue weighted by Crippen LogP contribution is -2.43. The number of hydrogen-bond acceptors (Lipinski definition) is 5. The second-order valence-corrected chi connectivity index (χ2v) is 7.74. The zero-order chi connectivity index (χ0) is 21.6. The van der Waals surface area contributed by atoms with Gasteiger partial charge in [0.05, 0.1) is 6.26 Å². The Labute approximate surface area is 181 Å². The minimum absolute atomic E-state index is 0.198. The molecule has 0 bridgehead atoms. The van der Waals surface area contributed by atoms with E-state index in [1.165, 1.54) is 11.8 Å². The van der Waals surface area contributed by atoms with Gasteiger partial charge in [-0.1, -0.05) is 12.1 Å². The Morgan fingerprint density at radius 2 is 1.45 bits per heavy atom. The number of likely N-dealkylation sites (N-methyl/N-ethyl adjacent to an activating group) is 1. The van der Waals surface area contributed by atoms with Gasteiger partial charge in [-0.05, 0) is 61.1 Å². The molecule has 3 aromatic rings. The molecule has 0 radical (unpaired) electrons. The summed E-state index contributed by atoms with van der Waals surface area (Å²) in [6.45, 7) is 5.27. The van der Waals surface area contributed by atoms with Crippen LogP contribution in [0.1, 0.15) is 26.5 Å². The number of hydrogen-bond donors (Lipinski definition) is 2. The Bertz CT molecular complexity index is 1010. The van der Waals surface area contributed by atoms with Crippen molar-refractivity contribution in [2.75, 3.05) is 43.9 Å². The summed E-state index contributed by atoms with van der Waals surface area (Å²) < 4.78 is 5.07. The van der Waals surface area contributed by atoms with Crippen molar-refractivity contribution in [3.63, 3.8) is 0 Å². The van der Waals surface area contributed by atoms with Crippen molar-refractivity contribution >= 4 is 23.2 Å². The van der Waals surface area contributed by atoms with E-state index in [0.29, 0.717) is 11.3 Å². The summed E-state index contributed by atoms with van der Waals surface area (Å²) in [5.74, 6) is -0.299. The van der Waals surface area contributed by atoms with Crippen LogP contribution in [0.25, 0.3) is 0 Å². The Balaban J connectivity index is 1.30. The van der Waals surface area contributed by atoms with Crippen LogP contribution >= 0.6 is 0 Å². The van der Waals surface area contributed by atoms with Gasteiger partial charge in [-0.25, -0.2) is 0 Å². The number of carbonyl (C=O) groups is 2. The quantitative estimate of drug-likeness (QED) is 0.640. The SMILES string of the molecule is CN1CCN(Cc2ccc(NC(=O)c3ccc(NC(=O)c4ccco4)cc3)cc2)CC1. The zero-order valence-electron chi connectivity index (χ0n) is 17.5. The molecule has 0 spiro atoms. The van der Waals surface area contributed by atoms with Gasteiger partial charge < -0.3 is 20.0 Å². The molecular formula is C24H26N4O3. The van der Waals surface area contributed by atoms with Crippen LogP contribution in [0.2, 0.25) is 0 Å². The molecule has 160 valence electrons. The molecule has 2 amide bonds. The van der Waals surface area contributed by atoms with E-state index in [1.807, 2.05) is 12.1 Å². The van der Waals surface area contributed by atoms with Crippen molar-refractivity contribution in [1.82, 2.24) is 9.80 Å². The first-order valence-corrected chi connectivity index (χ1v) is 10.3. The molecule has 0 atom stereocenters. The van der Waals surface area contributed by atoms with Crippen LogP contribution in [-0.4, -0.2) is 54.8 Å². The maximum atomic E-state index is 12.5. The highest BCUT2D eigenvalue weighted by atomic mass is 16.3. The Morgan fingerprint density at radius 3 is 2.06 bits per heavy atom. The first-order chi connectivity index (χ1) is 15.1. The van der Waals surface area contributed by atoms with E-state index in [4.69, 9.17) is 4.42 Å². The maximum absolute atomic E-state index is 12.5. The molecular weight excluding hydrogens is 392 g/mol. The van der Waals surface area contributed by atoms with Gasteiger partial charge >= 0.3 is 0 Å². The molecule has 2 heterocycles. The predicted molar refractivity (Wildman–Crippen MR) is 120 cm³/mol. The van der Waals surface area contributed by atoms with E-state index < -0.39 is 0 Å². The van der Waals surface area contributed by atoms with E-state index >= 15 is 0 Å². The van der Waals surface area contributed by atoms with Gasteiger partial charge in [0, 0.05) is 49.7 Å². The normalized spacial score (nSPS) is 14.9. The summed E-state index contributed by atoms with van der Waals surface area (Å²) >= 11 is 0. The Hall–Kier alpha value is -3.42. The van der Waals surface area contributed by atoms with Crippen LogP contribution in [0.4, 0.5) is 11.4 Å². The number of carbonyl (C=O) groups excluding carboxylic acids is 2. The fourth-order valence-corrected chi connectivity index (χ4v) is 3.47. The largest absolute Gasteiger partial charge is 0.459 e. The third kappa shape index (κ3) is 5.59. The van der Waals surface area contributed by atoms with Gasteiger partial charge in [0.1, 0.15) is 0 Å². The lowest BCUT2D eigenvalue weighted by Gasteiger charge is -2.32. The van der Waals surface area contributed by atoms with Crippen molar-refractivity contribution in [2.45, 2.75) is 6.54 Å². The van der Waals surface area contributed by atoms with Gasteiger partial charge in [0.15, 0.2) is 5.76 Å². The molecule has 1 fully saturated rings. The molecule has 1 aromatic heterocycles. The zero-order valence-corrected chi connectivity index (χ0v) is 17.5. The van der Waals surface area contributed by atoms with Crippen molar-refractivity contribution in [3.05, 3.63) is 83.8 Å². The summed E-state index contributed by atoms with van der Waals surface area (Å²) in [5, 5.41) is 5.65. The van der Waals surface area contributed by atoms with Gasteiger partial charge in [0.25, 0.3) is 11.8 Å². The highest BCUT2D eigenvalue weighted by Crippen LogP contribution is 2.16. The van der Waals surface area contributed by atoms with Crippen LogP contribution in [0.5, 0.6) is 0 Å². The molecule has 4 rings (SSSR count). The average Bonchev–Trinajstić information content (AvgIpc) is 3.32. The molecule has 0 unspecified atom stereocenters. The van der Waals surface area contributed by atoms with Gasteiger partial charge in [0.2, 0.25) is 0 Å². The molecule has 0 saturated carbocycles. The van der Waals surface area contributed by atoms with E-state index in [1.54, 1.807) is 36.4 Å². The van der Waals surface area contributed by atoms with E-state index in [0.717, 1.165) is 38.4 Å². The topological polar surface area (TPSA) is 77.8 Å². The number of nitrogens with one attached hydrogen (secondary N) is 2. The van der Waals surface area contributed by atoms with Crippen molar-refractivity contribution in [1.29, 1.82) is 0 Å². The second-order valence-electron chi connectivity index (χ2n) is 7.74. The maximum Gasteiger partial charge on any atom is 0.291 e. The van der Waals surface area contributed by atoms with Crippen molar-refractivity contribution in [3.8, 4) is 0 Å².